The molecular formula is C23H21ClN4O2S. The third kappa shape index (κ3) is 5.37. The van der Waals surface area contributed by atoms with Gasteiger partial charge in [0.2, 0.25) is 5.91 Å². The topological polar surface area (TPSA) is 72.9 Å². The summed E-state index contributed by atoms with van der Waals surface area (Å²) in [4.78, 5) is 12.4. The van der Waals surface area contributed by atoms with Gasteiger partial charge in [0.05, 0.1) is 24.1 Å². The Morgan fingerprint density at radius 2 is 1.84 bits per heavy atom. The van der Waals surface area contributed by atoms with E-state index in [4.69, 9.17) is 16.0 Å². The molecule has 0 atom stereocenters. The first-order valence-electron chi connectivity index (χ1n) is 9.75. The van der Waals surface area contributed by atoms with Gasteiger partial charge in [-0.15, -0.1) is 10.2 Å². The lowest BCUT2D eigenvalue weighted by Crippen LogP contribution is -2.24. The number of thioether (sulfide) groups is 1. The number of rotatable bonds is 8. The summed E-state index contributed by atoms with van der Waals surface area (Å²) in [5, 5.41) is 13.0. The Labute approximate surface area is 189 Å². The first-order valence-corrected chi connectivity index (χ1v) is 11.1. The van der Waals surface area contributed by atoms with Gasteiger partial charge in [-0.3, -0.25) is 9.36 Å². The van der Waals surface area contributed by atoms with Crippen LogP contribution in [0.5, 0.6) is 0 Å². The lowest BCUT2D eigenvalue weighted by molar-refractivity contribution is -0.118. The molecule has 0 saturated heterocycles. The predicted octanol–water partition coefficient (Wildman–Crippen LogP) is 4.96. The SMILES string of the molecule is Cc1occc1-c1nnc(SCC(=O)NCc2ccc(Cl)cc2)n1Cc1ccccc1. The molecule has 4 rings (SSSR count). The summed E-state index contributed by atoms with van der Waals surface area (Å²) >= 11 is 7.26. The number of amides is 1. The van der Waals surface area contributed by atoms with Crippen LogP contribution in [-0.2, 0) is 17.9 Å². The standard InChI is InChI=1S/C23H21ClN4O2S/c1-16-20(11-12-30-16)22-26-27-23(28(22)14-18-5-3-2-4-6-18)31-15-21(29)25-13-17-7-9-19(24)10-8-17/h2-12H,13-15H2,1H3,(H,25,29). The highest BCUT2D eigenvalue weighted by Gasteiger charge is 2.18. The van der Waals surface area contributed by atoms with E-state index in [0.29, 0.717) is 23.3 Å². The number of benzene rings is 2. The van der Waals surface area contributed by atoms with Gasteiger partial charge >= 0.3 is 0 Å². The number of hydrogen-bond acceptors (Lipinski definition) is 5. The van der Waals surface area contributed by atoms with Crippen molar-refractivity contribution in [2.45, 2.75) is 25.2 Å². The van der Waals surface area contributed by atoms with Gasteiger partial charge in [0, 0.05) is 11.6 Å². The van der Waals surface area contributed by atoms with E-state index in [-0.39, 0.29) is 11.7 Å². The van der Waals surface area contributed by atoms with E-state index in [0.717, 1.165) is 28.3 Å². The molecule has 158 valence electrons. The molecule has 0 bridgehead atoms. The molecule has 0 unspecified atom stereocenters. The highest BCUT2D eigenvalue weighted by atomic mass is 35.5. The fourth-order valence-electron chi connectivity index (χ4n) is 3.10. The maximum Gasteiger partial charge on any atom is 0.230 e. The molecule has 1 N–H and O–H groups in total. The van der Waals surface area contributed by atoms with Crippen molar-refractivity contribution in [3.8, 4) is 11.4 Å². The number of aryl methyl sites for hydroxylation is 1. The molecule has 0 aliphatic rings. The van der Waals surface area contributed by atoms with E-state index < -0.39 is 0 Å². The largest absolute Gasteiger partial charge is 0.469 e. The molecule has 8 heteroatoms. The summed E-state index contributed by atoms with van der Waals surface area (Å²) < 4.78 is 7.47. The zero-order chi connectivity index (χ0) is 21.6. The highest BCUT2D eigenvalue weighted by Crippen LogP contribution is 2.28. The van der Waals surface area contributed by atoms with Crippen LogP contribution in [0.2, 0.25) is 5.02 Å². The van der Waals surface area contributed by atoms with Gasteiger partial charge in [0.1, 0.15) is 5.76 Å². The van der Waals surface area contributed by atoms with Crippen LogP contribution in [0.4, 0.5) is 0 Å². The van der Waals surface area contributed by atoms with Crippen molar-refractivity contribution >= 4 is 29.3 Å². The minimum Gasteiger partial charge on any atom is -0.469 e. The molecule has 2 aromatic heterocycles. The van der Waals surface area contributed by atoms with E-state index in [1.165, 1.54) is 11.8 Å². The van der Waals surface area contributed by atoms with Gasteiger partial charge in [-0.05, 0) is 36.2 Å². The number of carbonyl (C=O) groups excluding carboxylic acids is 1. The molecule has 1 amide bonds. The third-order valence-electron chi connectivity index (χ3n) is 4.74. The maximum absolute atomic E-state index is 12.4. The fraction of sp³-hybridized carbons (Fsp3) is 0.174. The highest BCUT2D eigenvalue weighted by molar-refractivity contribution is 7.99. The Balaban J connectivity index is 1.47. The second-order valence-electron chi connectivity index (χ2n) is 6.96. The van der Waals surface area contributed by atoms with Crippen LogP contribution in [-0.4, -0.2) is 26.4 Å². The second-order valence-corrected chi connectivity index (χ2v) is 8.34. The van der Waals surface area contributed by atoms with Gasteiger partial charge in [0.15, 0.2) is 11.0 Å². The van der Waals surface area contributed by atoms with Crippen LogP contribution in [0, 0.1) is 6.92 Å². The minimum atomic E-state index is -0.0738. The maximum atomic E-state index is 12.4. The van der Waals surface area contributed by atoms with Gasteiger partial charge in [0.25, 0.3) is 0 Å². The minimum absolute atomic E-state index is 0.0738. The van der Waals surface area contributed by atoms with E-state index in [2.05, 4.69) is 27.6 Å². The lowest BCUT2D eigenvalue weighted by atomic mass is 10.2. The van der Waals surface area contributed by atoms with E-state index in [1.54, 1.807) is 6.26 Å². The smallest absolute Gasteiger partial charge is 0.230 e. The molecule has 2 heterocycles. The number of nitrogens with zero attached hydrogens (tertiary/aromatic N) is 3. The third-order valence-corrected chi connectivity index (χ3v) is 5.95. The van der Waals surface area contributed by atoms with Crippen molar-refractivity contribution in [2.75, 3.05) is 5.75 Å². The van der Waals surface area contributed by atoms with Crippen molar-refractivity contribution < 1.29 is 9.21 Å². The molecule has 0 spiro atoms. The summed E-state index contributed by atoms with van der Waals surface area (Å²) in [7, 11) is 0. The summed E-state index contributed by atoms with van der Waals surface area (Å²) in [6, 6.07) is 19.4. The normalized spacial score (nSPS) is 10.9. The summed E-state index contributed by atoms with van der Waals surface area (Å²) in [6.45, 7) is 2.95. The molecule has 0 saturated carbocycles. The molecule has 2 aromatic carbocycles. The van der Waals surface area contributed by atoms with Crippen molar-refractivity contribution in [3.05, 3.63) is 88.8 Å². The van der Waals surface area contributed by atoms with Gasteiger partial charge < -0.3 is 9.73 Å². The molecule has 4 aromatic rings. The van der Waals surface area contributed by atoms with Crippen LogP contribution >= 0.6 is 23.4 Å². The average Bonchev–Trinajstić information content (AvgIpc) is 3.38. The van der Waals surface area contributed by atoms with Gasteiger partial charge in [-0.1, -0.05) is 65.8 Å². The van der Waals surface area contributed by atoms with E-state index >= 15 is 0 Å². The van der Waals surface area contributed by atoms with Crippen molar-refractivity contribution in [1.29, 1.82) is 0 Å². The molecule has 0 aliphatic heterocycles. The molecule has 6 nitrogen and oxygen atoms in total. The Morgan fingerprint density at radius 1 is 1.06 bits per heavy atom. The summed E-state index contributed by atoms with van der Waals surface area (Å²) in [5.41, 5.74) is 3.01. The van der Waals surface area contributed by atoms with Gasteiger partial charge in [-0.25, -0.2) is 0 Å². The number of aromatic nitrogens is 3. The molecule has 0 radical (unpaired) electrons. The number of halogens is 1. The summed E-state index contributed by atoms with van der Waals surface area (Å²) in [6.07, 6.45) is 1.64. The quantitative estimate of drug-likeness (QED) is 0.382. The van der Waals surface area contributed by atoms with E-state index in [1.807, 2.05) is 60.0 Å². The lowest BCUT2D eigenvalue weighted by Gasteiger charge is -2.10. The zero-order valence-corrected chi connectivity index (χ0v) is 18.5. The number of carbonyl (C=O) groups is 1. The average molecular weight is 453 g/mol. The molecular weight excluding hydrogens is 432 g/mol. The first-order chi connectivity index (χ1) is 15.1. The van der Waals surface area contributed by atoms with Crippen molar-refractivity contribution in [3.63, 3.8) is 0 Å². The first kappa shape index (κ1) is 21.2. The number of furan rings is 1. The number of nitrogens with one attached hydrogen (secondary N) is 1. The van der Waals surface area contributed by atoms with Crippen LogP contribution in [0.15, 0.2) is 76.5 Å². The summed E-state index contributed by atoms with van der Waals surface area (Å²) in [5.74, 6) is 1.67. The van der Waals surface area contributed by atoms with Crippen LogP contribution in [0.1, 0.15) is 16.9 Å². The molecule has 0 fully saturated rings. The molecule has 0 aliphatic carbocycles. The van der Waals surface area contributed by atoms with Gasteiger partial charge in [-0.2, -0.15) is 0 Å². The monoisotopic (exact) mass is 452 g/mol. The molecule has 31 heavy (non-hydrogen) atoms. The van der Waals surface area contributed by atoms with E-state index in [9.17, 15) is 4.79 Å². The predicted molar refractivity (Wildman–Crippen MR) is 122 cm³/mol. The Morgan fingerprint density at radius 3 is 2.55 bits per heavy atom. The Bertz CT molecular complexity index is 1160. The Hall–Kier alpha value is -3.03. The second kappa shape index (κ2) is 9.85. The van der Waals surface area contributed by atoms with Crippen molar-refractivity contribution in [1.82, 2.24) is 20.1 Å². The van der Waals surface area contributed by atoms with Crippen LogP contribution in [0.3, 0.4) is 0 Å². The van der Waals surface area contributed by atoms with Crippen LogP contribution in [0.25, 0.3) is 11.4 Å². The number of hydrogen-bond donors (Lipinski definition) is 1. The van der Waals surface area contributed by atoms with Crippen molar-refractivity contribution in [2.24, 2.45) is 0 Å². The zero-order valence-electron chi connectivity index (χ0n) is 16.9. The Kier molecular flexibility index (Phi) is 6.74. The van der Waals surface area contributed by atoms with Crippen LogP contribution < -0.4 is 5.32 Å². The fourth-order valence-corrected chi connectivity index (χ4v) is 4.00.